The van der Waals surface area contributed by atoms with Crippen LogP contribution in [0.15, 0.2) is 0 Å². The van der Waals surface area contributed by atoms with E-state index in [9.17, 15) is 9.59 Å². The molecule has 3 aliphatic rings. The lowest BCUT2D eigenvalue weighted by atomic mass is 9.87. The number of fused-ring (bicyclic) bond motifs is 1. The highest BCUT2D eigenvalue weighted by Gasteiger charge is 2.52. The van der Waals surface area contributed by atoms with Crippen LogP contribution in [-0.4, -0.2) is 36.3 Å². The van der Waals surface area contributed by atoms with E-state index < -0.39 is 0 Å². The second-order valence-electron chi connectivity index (χ2n) is 6.98. The highest BCUT2D eigenvalue weighted by molar-refractivity contribution is 6.05. The van der Waals surface area contributed by atoms with Crippen LogP contribution in [0.1, 0.15) is 39.5 Å². The molecule has 1 N–H and O–H groups in total. The summed E-state index contributed by atoms with van der Waals surface area (Å²) < 4.78 is 0. The quantitative estimate of drug-likeness (QED) is 0.799. The topological polar surface area (TPSA) is 49.4 Å². The maximum atomic E-state index is 12.5. The third-order valence-corrected chi connectivity index (χ3v) is 5.78. The molecule has 4 unspecified atom stereocenters. The van der Waals surface area contributed by atoms with Crippen LogP contribution >= 0.6 is 0 Å². The van der Waals surface area contributed by atoms with Gasteiger partial charge in [-0.3, -0.25) is 14.5 Å². The van der Waals surface area contributed by atoms with E-state index in [1.807, 2.05) is 0 Å². The molecule has 0 aromatic heterocycles. The molecule has 2 heterocycles. The second kappa shape index (κ2) is 5.47. The zero-order valence-electron chi connectivity index (χ0n) is 12.6. The van der Waals surface area contributed by atoms with Crippen LogP contribution in [0.5, 0.6) is 0 Å². The molecule has 2 amide bonds. The number of nitrogens with one attached hydrogen (secondary N) is 1. The van der Waals surface area contributed by atoms with Crippen molar-refractivity contribution >= 4 is 11.8 Å². The molecule has 2 aliphatic heterocycles. The number of rotatable bonds is 3. The SMILES string of the molecule is CCC1CC2C(=O)N(CC3CCNCC3C)C(=O)C2C1. The number of carbonyl (C=O) groups is 2. The van der Waals surface area contributed by atoms with Crippen LogP contribution in [-0.2, 0) is 9.59 Å². The van der Waals surface area contributed by atoms with Crippen molar-refractivity contribution in [3.63, 3.8) is 0 Å². The molecule has 2 saturated heterocycles. The molecule has 0 spiro atoms. The number of imide groups is 1. The number of nitrogens with zero attached hydrogens (tertiary/aromatic N) is 1. The first-order chi connectivity index (χ1) is 9.61. The largest absolute Gasteiger partial charge is 0.316 e. The highest BCUT2D eigenvalue weighted by atomic mass is 16.2. The van der Waals surface area contributed by atoms with Gasteiger partial charge in [0.1, 0.15) is 0 Å². The summed E-state index contributed by atoms with van der Waals surface area (Å²) in [6.45, 7) is 7.05. The molecule has 0 radical (unpaired) electrons. The summed E-state index contributed by atoms with van der Waals surface area (Å²) in [6.07, 6.45) is 4.04. The standard InChI is InChI=1S/C16H26N2O2/c1-3-11-6-13-14(7-11)16(20)18(15(13)19)9-12-4-5-17-8-10(12)2/h10-14,17H,3-9H2,1-2H3. The maximum absolute atomic E-state index is 12.5. The average molecular weight is 278 g/mol. The van der Waals surface area contributed by atoms with E-state index in [2.05, 4.69) is 19.2 Å². The summed E-state index contributed by atoms with van der Waals surface area (Å²) in [5.41, 5.74) is 0. The van der Waals surface area contributed by atoms with E-state index in [1.165, 1.54) is 0 Å². The van der Waals surface area contributed by atoms with Crippen LogP contribution < -0.4 is 5.32 Å². The second-order valence-corrected chi connectivity index (χ2v) is 6.98. The van der Waals surface area contributed by atoms with Gasteiger partial charge in [0.15, 0.2) is 0 Å². The average Bonchev–Trinajstić information content (AvgIpc) is 2.96. The lowest BCUT2D eigenvalue weighted by Gasteiger charge is -2.32. The Labute approximate surface area is 121 Å². The molecule has 1 saturated carbocycles. The predicted molar refractivity (Wildman–Crippen MR) is 76.9 cm³/mol. The zero-order chi connectivity index (χ0) is 14.3. The van der Waals surface area contributed by atoms with Crippen LogP contribution in [0.3, 0.4) is 0 Å². The summed E-state index contributed by atoms with van der Waals surface area (Å²) in [6, 6.07) is 0. The number of hydrogen-bond acceptors (Lipinski definition) is 3. The van der Waals surface area contributed by atoms with Crippen molar-refractivity contribution in [2.75, 3.05) is 19.6 Å². The van der Waals surface area contributed by atoms with Crippen molar-refractivity contribution in [3.8, 4) is 0 Å². The van der Waals surface area contributed by atoms with Crippen molar-refractivity contribution in [1.29, 1.82) is 0 Å². The molecule has 4 atom stereocenters. The molecule has 3 rings (SSSR count). The molecule has 3 fully saturated rings. The first kappa shape index (κ1) is 14.1. The first-order valence-corrected chi connectivity index (χ1v) is 8.17. The van der Waals surface area contributed by atoms with Gasteiger partial charge in [-0.1, -0.05) is 20.3 Å². The van der Waals surface area contributed by atoms with Gasteiger partial charge >= 0.3 is 0 Å². The summed E-state index contributed by atoms with van der Waals surface area (Å²) in [4.78, 5) is 26.7. The zero-order valence-corrected chi connectivity index (χ0v) is 12.6. The fourth-order valence-corrected chi connectivity index (χ4v) is 4.29. The van der Waals surface area contributed by atoms with Gasteiger partial charge in [-0.25, -0.2) is 0 Å². The molecule has 112 valence electrons. The van der Waals surface area contributed by atoms with E-state index in [4.69, 9.17) is 0 Å². The number of hydrogen-bond donors (Lipinski definition) is 1. The van der Waals surface area contributed by atoms with Gasteiger partial charge in [-0.05, 0) is 50.1 Å². The number of likely N-dealkylation sites (tertiary alicyclic amines) is 1. The van der Waals surface area contributed by atoms with Crippen LogP contribution in [0, 0.1) is 29.6 Å². The smallest absolute Gasteiger partial charge is 0.233 e. The summed E-state index contributed by atoms with van der Waals surface area (Å²) in [5.74, 6) is 1.87. The van der Waals surface area contributed by atoms with Crippen molar-refractivity contribution < 1.29 is 9.59 Å². The Balaban J connectivity index is 1.67. The van der Waals surface area contributed by atoms with Gasteiger partial charge in [0.2, 0.25) is 11.8 Å². The molecule has 20 heavy (non-hydrogen) atoms. The maximum Gasteiger partial charge on any atom is 0.233 e. The number of piperidine rings is 1. The Morgan fingerprint density at radius 2 is 1.85 bits per heavy atom. The minimum atomic E-state index is 0.00414. The third-order valence-electron chi connectivity index (χ3n) is 5.78. The summed E-state index contributed by atoms with van der Waals surface area (Å²) in [7, 11) is 0. The van der Waals surface area contributed by atoms with Crippen LogP contribution in [0.2, 0.25) is 0 Å². The Bertz CT molecular complexity index is 385. The van der Waals surface area contributed by atoms with E-state index in [0.29, 0.717) is 24.3 Å². The minimum Gasteiger partial charge on any atom is -0.316 e. The lowest BCUT2D eigenvalue weighted by Crippen LogP contribution is -2.43. The molecular formula is C16H26N2O2. The Morgan fingerprint density at radius 3 is 2.40 bits per heavy atom. The van der Waals surface area contributed by atoms with Crippen molar-refractivity contribution in [2.45, 2.75) is 39.5 Å². The fourth-order valence-electron chi connectivity index (χ4n) is 4.29. The van der Waals surface area contributed by atoms with Crippen molar-refractivity contribution in [3.05, 3.63) is 0 Å². The summed E-state index contributed by atoms with van der Waals surface area (Å²) in [5, 5.41) is 3.38. The Morgan fingerprint density at radius 1 is 1.20 bits per heavy atom. The van der Waals surface area contributed by atoms with E-state index in [-0.39, 0.29) is 23.7 Å². The molecule has 0 bridgehead atoms. The molecule has 0 aromatic rings. The van der Waals surface area contributed by atoms with E-state index in [1.54, 1.807) is 4.90 Å². The van der Waals surface area contributed by atoms with Gasteiger partial charge in [-0.15, -0.1) is 0 Å². The molecule has 4 nitrogen and oxygen atoms in total. The third kappa shape index (κ3) is 2.28. The van der Waals surface area contributed by atoms with Crippen LogP contribution in [0.25, 0.3) is 0 Å². The van der Waals surface area contributed by atoms with Gasteiger partial charge in [0.25, 0.3) is 0 Å². The number of carbonyl (C=O) groups excluding carboxylic acids is 2. The fraction of sp³-hybridized carbons (Fsp3) is 0.875. The van der Waals surface area contributed by atoms with Gasteiger partial charge in [-0.2, -0.15) is 0 Å². The summed E-state index contributed by atoms with van der Waals surface area (Å²) >= 11 is 0. The van der Waals surface area contributed by atoms with Gasteiger partial charge < -0.3 is 5.32 Å². The molecule has 0 aromatic carbocycles. The molecular weight excluding hydrogens is 252 g/mol. The van der Waals surface area contributed by atoms with Crippen LogP contribution in [0.4, 0.5) is 0 Å². The minimum absolute atomic E-state index is 0.00414. The lowest BCUT2D eigenvalue weighted by molar-refractivity contribution is -0.141. The highest BCUT2D eigenvalue weighted by Crippen LogP contribution is 2.44. The number of amides is 2. The van der Waals surface area contributed by atoms with Crippen molar-refractivity contribution in [1.82, 2.24) is 10.2 Å². The van der Waals surface area contributed by atoms with Gasteiger partial charge in [0.05, 0.1) is 11.8 Å². The monoisotopic (exact) mass is 278 g/mol. The Kier molecular flexibility index (Phi) is 3.85. The molecule has 4 heteroatoms. The Hall–Kier alpha value is -0.900. The van der Waals surface area contributed by atoms with Gasteiger partial charge in [0, 0.05) is 6.54 Å². The van der Waals surface area contributed by atoms with E-state index >= 15 is 0 Å². The predicted octanol–water partition coefficient (Wildman–Crippen LogP) is 1.65. The van der Waals surface area contributed by atoms with E-state index in [0.717, 1.165) is 38.8 Å². The van der Waals surface area contributed by atoms with Crippen molar-refractivity contribution in [2.24, 2.45) is 29.6 Å². The normalized spacial score (nSPS) is 41.3. The first-order valence-electron chi connectivity index (χ1n) is 8.17. The molecule has 1 aliphatic carbocycles.